The summed E-state index contributed by atoms with van der Waals surface area (Å²) < 4.78 is 56.0. The number of fused-ring (bicyclic) bond motifs is 1. The first kappa shape index (κ1) is 61.6. The average Bonchev–Trinajstić information content (AvgIpc) is 4.09. The first-order chi connectivity index (χ1) is 35.9. The number of hydrogen-bond donors (Lipinski definition) is 2. The van der Waals surface area contributed by atoms with Crippen LogP contribution < -0.4 is 24.8 Å². The summed E-state index contributed by atoms with van der Waals surface area (Å²) in [6.45, 7) is 25.7. The fraction of sp³-hybridized carbons (Fsp3) is 0.649. The van der Waals surface area contributed by atoms with Gasteiger partial charge in [0.2, 0.25) is 30.4 Å². The van der Waals surface area contributed by atoms with E-state index in [1.165, 1.54) is 23.6 Å². The molecule has 2 N–H and O–H groups in total. The monoisotopic (exact) mass is 1080 g/mol. The van der Waals surface area contributed by atoms with Gasteiger partial charge in [0.05, 0.1) is 12.1 Å². The third kappa shape index (κ3) is 14.3. The highest BCUT2D eigenvalue weighted by atomic mass is 19.4. The number of likely N-dealkylation sites (tertiary alicyclic amines) is 2. The van der Waals surface area contributed by atoms with Gasteiger partial charge in [0.15, 0.2) is 17.7 Å². The van der Waals surface area contributed by atoms with Gasteiger partial charge in [-0.05, 0) is 85.9 Å². The number of imide groups is 1. The number of carbonyl (C=O) groups excluding carboxylic acids is 8. The fourth-order valence-corrected chi connectivity index (χ4v) is 10.0. The van der Waals surface area contributed by atoms with Gasteiger partial charge in [0.25, 0.3) is 11.7 Å². The van der Waals surface area contributed by atoms with Crippen molar-refractivity contribution in [3.8, 4) is 17.2 Å². The Morgan fingerprint density at radius 2 is 1.36 bits per heavy atom. The van der Waals surface area contributed by atoms with Crippen molar-refractivity contribution in [1.29, 1.82) is 0 Å². The van der Waals surface area contributed by atoms with Crippen LogP contribution in [0.1, 0.15) is 157 Å². The summed E-state index contributed by atoms with van der Waals surface area (Å²) in [5, 5.41) is 5.27. The van der Waals surface area contributed by atoms with Crippen molar-refractivity contribution in [3.63, 3.8) is 0 Å². The van der Waals surface area contributed by atoms with Crippen LogP contribution in [0.4, 0.5) is 18.0 Å². The second-order valence-electron chi connectivity index (χ2n) is 23.3. The molecule has 5 atom stereocenters. The maximum Gasteiger partial charge on any atom is 0.452 e. The molecular formula is C57H81F3N6O11. The van der Waals surface area contributed by atoms with E-state index in [9.17, 15) is 51.5 Å². The Labute approximate surface area is 451 Å². The van der Waals surface area contributed by atoms with Gasteiger partial charge in [-0.3, -0.25) is 33.6 Å². The van der Waals surface area contributed by atoms with Crippen LogP contribution in [0.15, 0.2) is 42.5 Å². The first-order valence-corrected chi connectivity index (χ1v) is 27.1. The molecule has 4 aliphatic rings. The molecule has 0 aliphatic carbocycles. The van der Waals surface area contributed by atoms with Crippen LogP contribution in [0.2, 0.25) is 0 Å². The van der Waals surface area contributed by atoms with Gasteiger partial charge in [0, 0.05) is 61.5 Å². The number of nitrogens with zero attached hydrogens (tertiary/aromatic N) is 4. The van der Waals surface area contributed by atoms with Crippen molar-refractivity contribution in [2.45, 2.75) is 165 Å². The standard InChI is InChI=1S/C35H46N4O7.C22H35F3N2O4/c1-7-10-26(24-13-16-27-28(21-24)45-22-44-27)36-33(43)39-31(42)35(8-2,9-3)32(39)46-25-14-11-23(12-15-25)29(40)37-17-19-38(20-18-37)30(41)34(4,5)6;1-12(2)14(11-16(28)21(5,6)7)20(31)27-10-8-9-15(27)19(30)26-17(13(3)4)18(29)22(23,24)25/h11-16,21,26,32H,7-10,17-20,22H2,1-6H3,(H,36,43);12-15,17H,8-11H2,1-7H3,(H,26,30)/t26-,32+;14-,15-,17?/m10/s1. The minimum Gasteiger partial charge on any atom is -0.469 e. The lowest BCUT2D eigenvalue weighted by molar-refractivity contribution is -0.191. The molecule has 426 valence electrons. The van der Waals surface area contributed by atoms with Crippen molar-refractivity contribution >= 4 is 47.1 Å². The smallest absolute Gasteiger partial charge is 0.452 e. The summed E-state index contributed by atoms with van der Waals surface area (Å²) in [6, 6.07) is 8.88. The summed E-state index contributed by atoms with van der Waals surface area (Å²) in [5.41, 5.74) is -0.539. The van der Waals surface area contributed by atoms with Crippen LogP contribution in [0.25, 0.3) is 0 Å². The molecule has 6 rings (SSSR count). The van der Waals surface area contributed by atoms with E-state index in [1.54, 1.807) is 49.9 Å². The van der Waals surface area contributed by atoms with Crippen LogP contribution in [0, 0.1) is 34.0 Å². The van der Waals surface area contributed by atoms with Crippen LogP contribution in [-0.2, 0) is 28.8 Å². The number of amides is 7. The number of carbonyl (C=O) groups is 8. The second kappa shape index (κ2) is 25.1. The highest BCUT2D eigenvalue weighted by molar-refractivity contribution is 6.03. The van der Waals surface area contributed by atoms with E-state index in [0.717, 1.165) is 12.0 Å². The molecule has 2 aromatic rings. The Morgan fingerprint density at radius 3 is 1.90 bits per heavy atom. The molecule has 7 amide bonds. The van der Waals surface area contributed by atoms with E-state index in [-0.39, 0.29) is 61.1 Å². The Balaban J connectivity index is 0.000000309. The van der Waals surface area contributed by atoms with Crippen LogP contribution in [0.3, 0.4) is 0 Å². The van der Waals surface area contributed by atoms with Crippen LogP contribution in [0.5, 0.6) is 17.2 Å². The maximum atomic E-state index is 13.7. The van der Waals surface area contributed by atoms with E-state index >= 15 is 0 Å². The largest absolute Gasteiger partial charge is 0.469 e. The number of β-lactam (4-membered cyclic amide) rings is 1. The molecule has 4 aliphatic heterocycles. The number of piperazine rings is 1. The number of ether oxygens (including phenoxy) is 3. The number of alkyl halides is 3. The molecule has 0 radical (unpaired) electrons. The number of nitrogens with one attached hydrogen (secondary N) is 2. The van der Waals surface area contributed by atoms with E-state index in [2.05, 4.69) is 10.6 Å². The fourth-order valence-electron chi connectivity index (χ4n) is 10.0. The summed E-state index contributed by atoms with van der Waals surface area (Å²) in [5.74, 6) is -3.30. The normalized spacial score (nSPS) is 19.4. The quantitative estimate of drug-likeness (QED) is 0.143. The number of benzene rings is 2. The number of Topliss-reactive ketones (excluding diaryl/α,β-unsaturated/α-hetero) is 2. The topological polar surface area (TPSA) is 201 Å². The minimum absolute atomic E-state index is 0.0337. The molecule has 20 heteroatoms. The Kier molecular flexibility index (Phi) is 20.1. The molecular weight excluding hydrogens is 1000 g/mol. The predicted octanol–water partition coefficient (Wildman–Crippen LogP) is 8.88. The van der Waals surface area contributed by atoms with E-state index in [0.29, 0.717) is 81.1 Å². The number of rotatable bonds is 17. The SMILES string of the molecule is CC(C)C(NC(=O)[C@@H]1CCCN1C(=O)[C@@H](CC(=O)C(C)(C)C)C(C)C)C(=O)C(F)(F)F.CCC[C@@H](NC(=O)N1C(=O)C(CC)(CC)[C@@H]1Oc1ccc(C(=O)N2CCN(C(=O)C(C)(C)C)CC2)cc1)c1ccc2c(c1)OCO2. The summed E-state index contributed by atoms with van der Waals surface area (Å²) in [4.78, 5) is 109. The van der Waals surface area contributed by atoms with Crippen molar-refractivity contribution in [2.75, 3.05) is 39.5 Å². The molecule has 4 heterocycles. The molecule has 0 bridgehead atoms. The van der Waals surface area contributed by atoms with Gasteiger partial charge in [0.1, 0.15) is 23.0 Å². The zero-order chi connectivity index (χ0) is 57.5. The lowest BCUT2D eigenvalue weighted by Gasteiger charge is -2.53. The van der Waals surface area contributed by atoms with Gasteiger partial charge >= 0.3 is 12.2 Å². The summed E-state index contributed by atoms with van der Waals surface area (Å²) >= 11 is 0. The van der Waals surface area contributed by atoms with E-state index in [4.69, 9.17) is 14.2 Å². The third-order valence-corrected chi connectivity index (χ3v) is 15.1. The lowest BCUT2D eigenvalue weighted by atomic mass is 9.72. The van der Waals surface area contributed by atoms with Crippen molar-refractivity contribution in [2.24, 2.45) is 34.0 Å². The summed E-state index contributed by atoms with van der Waals surface area (Å²) in [6.07, 6.45) is -2.52. The minimum atomic E-state index is -5.07. The molecule has 77 heavy (non-hydrogen) atoms. The highest BCUT2D eigenvalue weighted by Gasteiger charge is 2.63. The molecule has 3 fully saturated rings. The van der Waals surface area contributed by atoms with Crippen LogP contribution in [-0.4, -0.2) is 131 Å². The molecule has 0 saturated carbocycles. The number of halogens is 3. The number of urea groups is 1. The Hall–Kier alpha value is -6.21. The lowest BCUT2D eigenvalue weighted by Crippen LogP contribution is -2.73. The van der Waals surface area contributed by atoms with Crippen molar-refractivity contribution in [1.82, 2.24) is 30.2 Å². The molecule has 0 spiro atoms. The highest BCUT2D eigenvalue weighted by Crippen LogP contribution is 2.46. The number of hydrogen-bond acceptors (Lipinski definition) is 11. The Morgan fingerprint density at radius 1 is 0.766 bits per heavy atom. The van der Waals surface area contributed by atoms with Crippen molar-refractivity contribution in [3.05, 3.63) is 53.6 Å². The second-order valence-corrected chi connectivity index (χ2v) is 23.3. The van der Waals surface area contributed by atoms with Gasteiger partial charge in [-0.1, -0.05) is 102 Å². The molecule has 1 unspecified atom stereocenters. The third-order valence-electron chi connectivity index (χ3n) is 15.1. The zero-order valence-electron chi connectivity index (χ0n) is 47.2. The zero-order valence-corrected chi connectivity index (χ0v) is 47.2. The molecule has 3 saturated heterocycles. The maximum absolute atomic E-state index is 13.7. The van der Waals surface area contributed by atoms with Gasteiger partial charge in [-0.25, -0.2) is 9.69 Å². The molecule has 17 nitrogen and oxygen atoms in total. The van der Waals surface area contributed by atoms with E-state index < -0.39 is 70.3 Å². The van der Waals surface area contributed by atoms with Crippen LogP contribution >= 0.6 is 0 Å². The van der Waals surface area contributed by atoms with Gasteiger partial charge in [-0.15, -0.1) is 0 Å². The molecule has 2 aromatic carbocycles. The number of ketones is 2. The van der Waals surface area contributed by atoms with E-state index in [1.807, 2.05) is 78.5 Å². The van der Waals surface area contributed by atoms with Gasteiger partial charge < -0.3 is 39.5 Å². The predicted molar refractivity (Wildman–Crippen MR) is 281 cm³/mol. The van der Waals surface area contributed by atoms with Gasteiger partial charge in [-0.2, -0.15) is 13.2 Å². The van der Waals surface area contributed by atoms with Crippen molar-refractivity contribution < 1.29 is 65.7 Å². The first-order valence-electron chi connectivity index (χ1n) is 27.1. The summed E-state index contributed by atoms with van der Waals surface area (Å²) in [7, 11) is 0. The average molecular weight is 1080 g/mol. The Bertz CT molecular complexity index is 2470. The molecule has 0 aromatic heterocycles.